The lowest BCUT2D eigenvalue weighted by molar-refractivity contribution is 0.204. The quantitative estimate of drug-likeness (QED) is 0.310. The van der Waals surface area contributed by atoms with Crippen LogP contribution < -0.4 is 14.4 Å². The van der Waals surface area contributed by atoms with Crippen molar-refractivity contribution >= 4 is 5.69 Å². The van der Waals surface area contributed by atoms with Crippen LogP contribution in [-0.4, -0.2) is 49.9 Å². The third kappa shape index (κ3) is 6.60. The maximum absolute atomic E-state index is 15.0. The highest BCUT2D eigenvalue weighted by atomic mass is 19.1. The van der Waals surface area contributed by atoms with E-state index in [1.165, 1.54) is 16.7 Å². The van der Waals surface area contributed by atoms with Crippen molar-refractivity contribution in [1.82, 2.24) is 4.90 Å². The van der Waals surface area contributed by atoms with Crippen molar-refractivity contribution in [2.24, 2.45) is 0 Å². The number of nitrogens with zero attached hydrogens (tertiary/aromatic N) is 2. The van der Waals surface area contributed by atoms with E-state index in [1.54, 1.807) is 25.3 Å². The molecule has 0 radical (unpaired) electrons. The first-order valence-corrected chi connectivity index (χ1v) is 13.6. The minimum atomic E-state index is -0.330. The molecule has 1 N–H and O–H groups in total. The standard InChI is InChI=1S/C32H41FN2O3/c1-6-35(21-23-7-14-32(30(33)17-23)38-16-15-34(4)22(2)3)31-20-28(37-5)12-13-29(31)26-9-8-25-19-27(36)11-10-24(25)18-26/h7,10-14,17,19-20,22,26,36H,6,8-9,15-16,18,21H2,1-5H3/t26-/m1/s1. The van der Waals surface area contributed by atoms with Gasteiger partial charge < -0.3 is 24.4 Å². The smallest absolute Gasteiger partial charge is 0.165 e. The van der Waals surface area contributed by atoms with Crippen LogP contribution in [0, 0.1) is 5.82 Å². The maximum Gasteiger partial charge on any atom is 0.165 e. The molecule has 3 aromatic carbocycles. The number of hydrogen-bond acceptors (Lipinski definition) is 5. The Bertz CT molecular complexity index is 1230. The Hall–Kier alpha value is -3.25. The van der Waals surface area contributed by atoms with Gasteiger partial charge in [0.1, 0.15) is 18.1 Å². The van der Waals surface area contributed by atoms with Crippen LogP contribution in [0.5, 0.6) is 17.2 Å². The normalized spacial score (nSPS) is 15.0. The Labute approximate surface area is 226 Å². The van der Waals surface area contributed by atoms with Gasteiger partial charge in [-0.05, 0) is 106 Å². The van der Waals surface area contributed by atoms with Crippen LogP contribution in [0.25, 0.3) is 0 Å². The van der Waals surface area contributed by atoms with E-state index in [1.807, 2.05) is 31.3 Å². The number of hydrogen-bond donors (Lipinski definition) is 1. The lowest BCUT2D eigenvalue weighted by atomic mass is 9.79. The van der Waals surface area contributed by atoms with Gasteiger partial charge in [-0.1, -0.05) is 18.2 Å². The number of anilines is 1. The Balaban J connectivity index is 1.53. The molecule has 0 aromatic heterocycles. The molecule has 3 aromatic rings. The van der Waals surface area contributed by atoms with Crippen molar-refractivity contribution in [3.63, 3.8) is 0 Å². The second-order valence-corrected chi connectivity index (χ2v) is 10.5. The van der Waals surface area contributed by atoms with Gasteiger partial charge in [-0.3, -0.25) is 0 Å². The van der Waals surface area contributed by atoms with E-state index in [9.17, 15) is 9.50 Å². The van der Waals surface area contributed by atoms with E-state index in [-0.39, 0.29) is 5.82 Å². The van der Waals surface area contributed by atoms with Crippen LogP contribution in [0.2, 0.25) is 0 Å². The van der Waals surface area contributed by atoms with Crippen LogP contribution in [0.1, 0.15) is 55.4 Å². The summed E-state index contributed by atoms with van der Waals surface area (Å²) in [6.45, 7) is 8.93. The Morgan fingerprint density at radius 3 is 2.58 bits per heavy atom. The van der Waals surface area contributed by atoms with E-state index < -0.39 is 0 Å². The fraction of sp³-hybridized carbons (Fsp3) is 0.438. The van der Waals surface area contributed by atoms with Crippen molar-refractivity contribution in [2.45, 2.75) is 58.5 Å². The summed E-state index contributed by atoms with van der Waals surface area (Å²) in [5.41, 5.74) is 5.82. The molecule has 0 unspecified atom stereocenters. The number of aryl methyl sites for hydroxylation is 1. The zero-order chi connectivity index (χ0) is 27.2. The molecule has 0 spiro atoms. The predicted molar refractivity (Wildman–Crippen MR) is 152 cm³/mol. The molecular formula is C32H41FN2O3. The third-order valence-electron chi connectivity index (χ3n) is 7.77. The van der Waals surface area contributed by atoms with Crippen LogP contribution in [0.15, 0.2) is 54.6 Å². The highest BCUT2D eigenvalue weighted by Crippen LogP contribution is 2.40. The van der Waals surface area contributed by atoms with E-state index in [0.29, 0.717) is 36.6 Å². The average Bonchev–Trinajstić information content (AvgIpc) is 2.92. The van der Waals surface area contributed by atoms with E-state index >= 15 is 0 Å². The lowest BCUT2D eigenvalue weighted by Gasteiger charge is -2.32. The fourth-order valence-corrected chi connectivity index (χ4v) is 5.18. The van der Waals surface area contributed by atoms with Gasteiger partial charge in [0, 0.05) is 37.4 Å². The topological polar surface area (TPSA) is 45.2 Å². The molecule has 0 aliphatic heterocycles. The van der Waals surface area contributed by atoms with Crippen LogP contribution >= 0.6 is 0 Å². The first-order chi connectivity index (χ1) is 18.3. The molecule has 0 bridgehead atoms. The maximum atomic E-state index is 15.0. The first kappa shape index (κ1) is 27.8. The number of methoxy groups -OCH3 is 1. The summed E-state index contributed by atoms with van der Waals surface area (Å²) in [4.78, 5) is 4.46. The fourth-order valence-electron chi connectivity index (χ4n) is 5.18. The van der Waals surface area contributed by atoms with Crippen molar-refractivity contribution in [1.29, 1.82) is 0 Å². The van der Waals surface area contributed by atoms with Crippen molar-refractivity contribution in [3.8, 4) is 17.2 Å². The van der Waals surface area contributed by atoms with E-state index in [0.717, 1.165) is 49.4 Å². The summed E-state index contributed by atoms with van der Waals surface area (Å²) in [7, 11) is 3.72. The first-order valence-electron chi connectivity index (χ1n) is 13.6. The third-order valence-corrected chi connectivity index (χ3v) is 7.77. The minimum absolute atomic E-state index is 0.294. The Kier molecular flexibility index (Phi) is 9.16. The number of fused-ring (bicyclic) bond motifs is 1. The molecule has 0 amide bonds. The minimum Gasteiger partial charge on any atom is -0.508 e. The number of phenols is 1. The molecule has 0 heterocycles. The number of halogens is 1. The van der Waals surface area contributed by atoms with Gasteiger partial charge in [0.2, 0.25) is 0 Å². The summed E-state index contributed by atoms with van der Waals surface area (Å²) < 4.78 is 26.3. The highest BCUT2D eigenvalue weighted by molar-refractivity contribution is 5.60. The molecule has 5 nitrogen and oxygen atoms in total. The van der Waals surface area contributed by atoms with Gasteiger partial charge in [0.05, 0.1) is 7.11 Å². The van der Waals surface area contributed by atoms with Crippen LogP contribution in [0.4, 0.5) is 10.1 Å². The predicted octanol–water partition coefficient (Wildman–Crippen LogP) is 6.56. The zero-order valence-corrected chi connectivity index (χ0v) is 23.3. The van der Waals surface area contributed by atoms with Crippen molar-refractivity contribution < 1.29 is 19.0 Å². The molecule has 38 heavy (non-hydrogen) atoms. The summed E-state index contributed by atoms with van der Waals surface area (Å²) in [6.07, 6.45) is 2.88. The van der Waals surface area contributed by atoms with Gasteiger partial charge in [-0.25, -0.2) is 4.39 Å². The van der Waals surface area contributed by atoms with E-state index in [4.69, 9.17) is 9.47 Å². The number of phenolic OH excluding ortho intramolecular Hbond substituents is 1. The molecule has 1 aliphatic carbocycles. The van der Waals surface area contributed by atoms with Gasteiger partial charge in [-0.15, -0.1) is 0 Å². The molecule has 4 rings (SSSR count). The zero-order valence-electron chi connectivity index (χ0n) is 23.3. The number of aromatic hydroxyl groups is 1. The number of likely N-dealkylation sites (N-methyl/N-ethyl adjacent to an activating group) is 1. The highest BCUT2D eigenvalue weighted by Gasteiger charge is 2.25. The van der Waals surface area contributed by atoms with Gasteiger partial charge in [0.15, 0.2) is 11.6 Å². The summed E-state index contributed by atoms with van der Waals surface area (Å²) in [5, 5.41) is 9.88. The number of rotatable bonds is 11. The van der Waals surface area contributed by atoms with E-state index in [2.05, 4.69) is 42.7 Å². The van der Waals surface area contributed by atoms with Gasteiger partial charge in [-0.2, -0.15) is 0 Å². The van der Waals surface area contributed by atoms with Crippen LogP contribution in [-0.2, 0) is 19.4 Å². The second-order valence-electron chi connectivity index (χ2n) is 10.5. The Morgan fingerprint density at radius 1 is 1.05 bits per heavy atom. The molecule has 6 heteroatoms. The largest absolute Gasteiger partial charge is 0.508 e. The number of benzene rings is 3. The van der Waals surface area contributed by atoms with Crippen LogP contribution in [0.3, 0.4) is 0 Å². The summed E-state index contributed by atoms with van der Waals surface area (Å²) in [5.74, 6) is 1.46. The molecule has 0 fully saturated rings. The van der Waals surface area contributed by atoms with Gasteiger partial charge in [0.25, 0.3) is 0 Å². The molecule has 1 aliphatic rings. The molecule has 0 saturated carbocycles. The molecular weight excluding hydrogens is 479 g/mol. The van der Waals surface area contributed by atoms with Crippen molar-refractivity contribution in [2.75, 3.05) is 38.8 Å². The summed E-state index contributed by atoms with van der Waals surface area (Å²) in [6, 6.07) is 17.7. The lowest BCUT2D eigenvalue weighted by Crippen LogP contribution is -2.30. The van der Waals surface area contributed by atoms with Gasteiger partial charge >= 0.3 is 0 Å². The monoisotopic (exact) mass is 520 g/mol. The molecule has 204 valence electrons. The summed E-state index contributed by atoms with van der Waals surface area (Å²) >= 11 is 0. The second kappa shape index (κ2) is 12.5. The SMILES string of the molecule is CCN(Cc1ccc(OCCN(C)C(C)C)c(F)c1)c1cc(OC)ccc1[C@@H]1CCc2cc(O)ccc2C1. The molecule has 0 saturated heterocycles. The average molecular weight is 521 g/mol. The molecule has 1 atom stereocenters. The van der Waals surface area contributed by atoms with Crippen molar-refractivity contribution in [3.05, 3.63) is 82.7 Å². The number of ether oxygens (including phenoxy) is 2. The Morgan fingerprint density at radius 2 is 1.87 bits per heavy atom.